The lowest BCUT2D eigenvalue weighted by atomic mass is 10.2. The maximum atomic E-state index is 11.9. The third-order valence-corrected chi connectivity index (χ3v) is 3.04. The van der Waals surface area contributed by atoms with Gasteiger partial charge in [0.05, 0.1) is 13.4 Å². The molecule has 0 aliphatic heterocycles. The quantitative estimate of drug-likeness (QED) is 0.786. The molecule has 1 N–H and O–H groups in total. The first kappa shape index (κ1) is 14.1. The van der Waals surface area contributed by atoms with E-state index in [0.717, 1.165) is 25.1 Å². The number of carbonyl (C=O) groups is 1. The lowest BCUT2D eigenvalue weighted by molar-refractivity contribution is 0.0953. The Morgan fingerprint density at radius 2 is 2.10 bits per heavy atom. The Balaban J connectivity index is 1.66. The van der Waals surface area contributed by atoms with Crippen LogP contribution in [0.15, 0.2) is 43.0 Å². The van der Waals surface area contributed by atoms with Crippen LogP contribution in [0, 0.1) is 0 Å². The standard InChI is InChI=1S/C15H19N3O2/c1-20-14-6-4-13(5-7-14)15(19)17-8-2-3-10-18-11-9-16-12-18/h4-7,9,11-12H,2-3,8,10H2,1H3,(H,17,19). The zero-order valence-corrected chi connectivity index (χ0v) is 11.6. The molecule has 1 aromatic carbocycles. The van der Waals surface area contributed by atoms with Gasteiger partial charge in [-0.15, -0.1) is 0 Å². The first-order chi connectivity index (χ1) is 9.79. The van der Waals surface area contributed by atoms with Gasteiger partial charge in [-0.05, 0) is 37.1 Å². The molecule has 0 aliphatic carbocycles. The first-order valence-electron chi connectivity index (χ1n) is 6.67. The second-order valence-electron chi connectivity index (χ2n) is 4.49. The van der Waals surface area contributed by atoms with Gasteiger partial charge in [0.25, 0.3) is 5.91 Å². The van der Waals surface area contributed by atoms with Crippen LogP contribution in [-0.4, -0.2) is 29.1 Å². The molecule has 0 bridgehead atoms. The summed E-state index contributed by atoms with van der Waals surface area (Å²) in [5, 5.41) is 2.91. The van der Waals surface area contributed by atoms with Gasteiger partial charge in [0.2, 0.25) is 0 Å². The number of nitrogens with one attached hydrogen (secondary N) is 1. The molecule has 1 heterocycles. The monoisotopic (exact) mass is 273 g/mol. The highest BCUT2D eigenvalue weighted by Gasteiger charge is 2.04. The van der Waals surface area contributed by atoms with Crippen molar-refractivity contribution in [3.8, 4) is 5.75 Å². The highest BCUT2D eigenvalue weighted by molar-refractivity contribution is 5.94. The van der Waals surface area contributed by atoms with E-state index in [1.165, 1.54) is 0 Å². The minimum Gasteiger partial charge on any atom is -0.497 e. The number of rotatable bonds is 7. The van der Waals surface area contributed by atoms with Crippen molar-refractivity contribution in [2.45, 2.75) is 19.4 Å². The van der Waals surface area contributed by atoms with Gasteiger partial charge in [-0.3, -0.25) is 4.79 Å². The molecular weight excluding hydrogens is 254 g/mol. The van der Waals surface area contributed by atoms with Crippen LogP contribution in [0.1, 0.15) is 23.2 Å². The number of ether oxygens (including phenoxy) is 1. The molecule has 0 fully saturated rings. The van der Waals surface area contributed by atoms with Gasteiger partial charge < -0.3 is 14.6 Å². The van der Waals surface area contributed by atoms with Crippen LogP contribution in [0.25, 0.3) is 0 Å². The fraction of sp³-hybridized carbons (Fsp3) is 0.333. The summed E-state index contributed by atoms with van der Waals surface area (Å²) >= 11 is 0. The molecule has 2 aromatic rings. The van der Waals surface area contributed by atoms with Crippen molar-refractivity contribution in [2.24, 2.45) is 0 Å². The second-order valence-corrected chi connectivity index (χ2v) is 4.49. The molecular formula is C15H19N3O2. The molecule has 1 aromatic heterocycles. The van der Waals surface area contributed by atoms with Crippen LogP contribution in [0.4, 0.5) is 0 Å². The number of aromatic nitrogens is 2. The highest BCUT2D eigenvalue weighted by atomic mass is 16.5. The molecule has 5 nitrogen and oxygen atoms in total. The van der Waals surface area contributed by atoms with E-state index in [9.17, 15) is 4.79 Å². The number of hydrogen-bond acceptors (Lipinski definition) is 3. The fourth-order valence-electron chi connectivity index (χ4n) is 1.88. The number of unbranched alkanes of at least 4 members (excludes halogenated alkanes) is 1. The van der Waals surface area contributed by atoms with Crippen LogP contribution >= 0.6 is 0 Å². The summed E-state index contributed by atoms with van der Waals surface area (Å²) in [4.78, 5) is 15.9. The predicted octanol–water partition coefficient (Wildman–Crippen LogP) is 2.10. The number of nitrogens with zero attached hydrogens (tertiary/aromatic N) is 2. The average Bonchev–Trinajstić information content (AvgIpc) is 3.00. The van der Waals surface area contributed by atoms with Crippen LogP contribution in [0.5, 0.6) is 5.75 Å². The summed E-state index contributed by atoms with van der Waals surface area (Å²) in [5.41, 5.74) is 0.653. The number of hydrogen-bond donors (Lipinski definition) is 1. The first-order valence-corrected chi connectivity index (χ1v) is 6.67. The fourth-order valence-corrected chi connectivity index (χ4v) is 1.88. The minimum absolute atomic E-state index is 0.0460. The van der Waals surface area contributed by atoms with Gasteiger partial charge in [-0.2, -0.15) is 0 Å². The SMILES string of the molecule is COc1ccc(C(=O)NCCCCn2ccnc2)cc1. The van der Waals surface area contributed by atoms with Crippen molar-refractivity contribution in [3.05, 3.63) is 48.5 Å². The van der Waals surface area contributed by atoms with Crippen molar-refractivity contribution in [1.29, 1.82) is 0 Å². The van der Waals surface area contributed by atoms with Crippen molar-refractivity contribution >= 4 is 5.91 Å². The molecule has 0 saturated heterocycles. The number of aryl methyl sites for hydroxylation is 1. The van der Waals surface area contributed by atoms with Crippen LogP contribution in [0.3, 0.4) is 0 Å². The lowest BCUT2D eigenvalue weighted by Gasteiger charge is -2.06. The number of benzene rings is 1. The third kappa shape index (κ3) is 4.12. The number of amides is 1. The van der Waals surface area contributed by atoms with E-state index in [1.807, 2.05) is 10.8 Å². The van der Waals surface area contributed by atoms with Gasteiger partial charge in [0.15, 0.2) is 0 Å². The van der Waals surface area contributed by atoms with Crippen molar-refractivity contribution < 1.29 is 9.53 Å². The van der Waals surface area contributed by atoms with E-state index in [-0.39, 0.29) is 5.91 Å². The minimum atomic E-state index is -0.0460. The highest BCUT2D eigenvalue weighted by Crippen LogP contribution is 2.11. The predicted molar refractivity (Wildman–Crippen MR) is 76.8 cm³/mol. The van der Waals surface area contributed by atoms with Gasteiger partial charge in [0, 0.05) is 31.0 Å². The normalized spacial score (nSPS) is 10.2. The number of carbonyl (C=O) groups excluding carboxylic acids is 1. The summed E-state index contributed by atoms with van der Waals surface area (Å²) in [6.07, 6.45) is 7.47. The Morgan fingerprint density at radius 3 is 2.75 bits per heavy atom. The van der Waals surface area contributed by atoms with Crippen LogP contribution in [0.2, 0.25) is 0 Å². The van der Waals surface area contributed by atoms with Gasteiger partial charge >= 0.3 is 0 Å². The summed E-state index contributed by atoms with van der Waals surface area (Å²) in [6.45, 7) is 1.61. The maximum Gasteiger partial charge on any atom is 0.251 e. The Bertz CT molecular complexity index is 521. The van der Waals surface area contributed by atoms with E-state index in [4.69, 9.17) is 4.74 Å². The lowest BCUT2D eigenvalue weighted by Crippen LogP contribution is -2.24. The smallest absolute Gasteiger partial charge is 0.251 e. The Kier molecular flexibility index (Phi) is 5.17. The molecule has 2 rings (SSSR count). The van der Waals surface area contributed by atoms with E-state index in [1.54, 1.807) is 43.9 Å². The third-order valence-electron chi connectivity index (χ3n) is 3.04. The van der Waals surface area contributed by atoms with E-state index < -0.39 is 0 Å². The molecule has 1 amide bonds. The number of imidazole rings is 1. The van der Waals surface area contributed by atoms with E-state index in [0.29, 0.717) is 12.1 Å². The van der Waals surface area contributed by atoms with Crippen molar-refractivity contribution in [2.75, 3.05) is 13.7 Å². The Morgan fingerprint density at radius 1 is 1.30 bits per heavy atom. The molecule has 0 spiro atoms. The molecule has 106 valence electrons. The zero-order valence-electron chi connectivity index (χ0n) is 11.6. The summed E-state index contributed by atoms with van der Waals surface area (Å²) < 4.78 is 7.09. The van der Waals surface area contributed by atoms with Gasteiger partial charge in [-0.1, -0.05) is 0 Å². The van der Waals surface area contributed by atoms with Crippen LogP contribution < -0.4 is 10.1 Å². The summed E-state index contributed by atoms with van der Waals surface area (Å²) in [5.74, 6) is 0.706. The van der Waals surface area contributed by atoms with Crippen molar-refractivity contribution in [1.82, 2.24) is 14.9 Å². The topological polar surface area (TPSA) is 56.1 Å². The van der Waals surface area contributed by atoms with E-state index >= 15 is 0 Å². The molecule has 0 saturated carbocycles. The van der Waals surface area contributed by atoms with E-state index in [2.05, 4.69) is 10.3 Å². The summed E-state index contributed by atoms with van der Waals surface area (Å²) in [6, 6.07) is 7.10. The summed E-state index contributed by atoms with van der Waals surface area (Å²) in [7, 11) is 1.61. The molecule has 0 radical (unpaired) electrons. The van der Waals surface area contributed by atoms with Crippen LogP contribution in [-0.2, 0) is 6.54 Å². The molecule has 0 aliphatic rings. The molecule has 20 heavy (non-hydrogen) atoms. The molecule has 0 unspecified atom stereocenters. The maximum absolute atomic E-state index is 11.9. The zero-order chi connectivity index (χ0) is 14.2. The van der Waals surface area contributed by atoms with Gasteiger partial charge in [-0.25, -0.2) is 4.98 Å². The number of methoxy groups -OCH3 is 1. The Hall–Kier alpha value is -2.30. The molecule has 0 atom stereocenters. The Labute approximate surface area is 118 Å². The average molecular weight is 273 g/mol. The largest absolute Gasteiger partial charge is 0.497 e. The second kappa shape index (κ2) is 7.33. The molecule has 5 heteroatoms. The van der Waals surface area contributed by atoms with Crippen molar-refractivity contribution in [3.63, 3.8) is 0 Å². The van der Waals surface area contributed by atoms with Gasteiger partial charge in [0.1, 0.15) is 5.75 Å².